The van der Waals surface area contributed by atoms with E-state index in [0.29, 0.717) is 12.8 Å². The lowest BCUT2D eigenvalue weighted by molar-refractivity contribution is -0.139. The van der Waals surface area contributed by atoms with Crippen LogP contribution in [0.4, 0.5) is 4.79 Å². The molecule has 0 aliphatic heterocycles. The zero-order valence-electron chi connectivity index (χ0n) is 18.0. The van der Waals surface area contributed by atoms with Gasteiger partial charge in [-0.05, 0) is 47.9 Å². The van der Waals surface area contributed by atoms with Gasteiger partial charge in [0, 0.05) is 30.8 Å². The van der Waals surface area contributed by atoms with E-state index in [1.54, 1.807) is 6.92 Å². The second-order valence-corrected chi connectivity index (χ2v) is 8.77. The van der Waals surface area contributed by atoms with Gasteiger partial charge in [0.1, 0.15) is 6.61 Å². The molecule has 1 fully saturated rings. The van der Waals surface area contributed by atoms with Crippen molar-refractivity contribution in [3.05, 3.63) is 59.7 Å². The lowest BCUT2D eigenvalue weighted by Gasteiger charge is -2.35. The molecule has 168 valence electrons. The summed E-state index contributed by atoms with van der Waals surface area (Å²) in [4.78, 5) is 35.2. The highest BCUT2D eigenvalue weighted by atomic mass is 16.5. The lowest BCUT2D eigenvalue weighted by atomic mass is 9.78. The largest absolute Gasteiger partial charge is 0.481 e. The van der Waals surface area contributed by atoms with Crippen LogP contribution in [0.1, 0.15) is 49.7 Å². The Morgan fingerprint density at radius 3 is 2.22 bits per heavy atom. The Balaban J connectivity index is 1.22. The number of benzene rings is 2. The highest BCUT2D eigenvalue weighted by molar-refractivity contribution is 5.79. The van der Waals surface area contributed by atoms with E-state index >= 15 is 0 Å². The van der Waals surface area contributed by atoms with E-state index < -0.39 is 12.1 Å². The van der Waals surface area contributed by atoms with Crippen molar-refractivity contribution in [2.45, 2.75) is 50.6 Å². The minimum absolute atomic E-state index is 0.0101. The zero-order valence-corrected chi connectivity index (χ0v) is 18.0. The highest BCUT2D eigenvalue weighted by Gasteiger charge is 2.32. The number of fused-ring (bicyclic) bond motifs is 3. The molecule has 3 N–H and O–H groups in total. The summed E-state index contributed by atoms with van der Waals surface area (Å²) in [6.07, 6.45) is 1.12. The summed E-state index contributed by atoms with van der Waals surface area (Å²) in [5.74, 6) is -0.839. The predicted octanol–water partition coefficient (Wildman–Crippen LogP) is 3.67. The number of aliphatic carboxylic acids is 1. The first-order valence-electron chi connectivity index (χ1n) is 11.0. The molecule has 0 saturated heterocycles. The number of carboxylic acids is 1. The number of alkyl carbamates (subject to hydrolysis) is 1. The van der Waals surface area contributed by atoms with Gasteiger partial charge in [-0.2, -0.15) is 0 Å². The molecular formula is C25H28N2O5. The summed E-state index contributed by atoms with van der Waals surface area (Å²) in [6, 6.07) is 15.9. The Hall–Kier alpha value is -3.35. The third-order valence-electron chi connectivity index (χ3n) is 6.26. The van der Waals surface area contributed by atoms with Gasteiger partial charge in [-0.3, -0.25) is 9.59 Å². The average molecular weight is 437 g/mol. The van der Waals surface area contributed by atoms with Crippen LogP contribution in [0.2, 0.25) is 0 Å². The van der Waals surface area contributed by atoms with Crippen molar-refractivity contribution in [2.75, 3.05) is 6.61 Å². The van der Waals surface area contributed by atoms with Gasteiger partial charge in [-0.15, -0.1) is 0 Å². The molecule has 2 aromatic rings. The minimum Gasteiger partial charge on any atom is -0.481 e. The first kappa shape index (κ1) is 21.9. The molecule has 1 atom stereocenters. The fraction of sp³-hybridized carbons (Fsp3) is 0.400. The van der Waals surface area contributed by atoms with Gasteiger partial charge >= 0.3 is 12.1 Å². The summed E-state index contributed by atoms with van der Waals surface area (Å²) >= 11 is 0. The zero-order chi connectivity index (χ0) is 22.7. The van der Waals surface area contributed by atoms with Gasteiger partial charge in [0.25, 0.3) is 0 Å². The van der Waals surface area contributed by atoms with Gasteiger partial charge in [0.2, 0.25) is 5.91 Å². The van der Waals surface area contributed by atoms with E-state index in [0.717, 1.165) is 11.1 Å². The molecule has 32 heavy (non-hydrogen) atoms. The number of carbonyl (C=O) groups excluding carboxylic acids is 2. The normalized spacial score (nSPS) is 19.8. The van der Waals surface area contributed by atoms with Crippen LogP contribution in [0.5, 0.6) is 0 Å². The first-order chi connectivity index (χ1) is 15.4. The second-order valence-electron chi connectivity index (χ2n) is 8.77. The molecule has 2 aliphatic rings. The molecule has 0 radical (unpaired) electrons. The summed E-state index contributed by atoms with van der Waals surface area (Å²) in [7, 11) is 0. The standard InChI is InChI=1S/C25H28N2O5/c1-15(10-23(28)27-17-11-16(12-17)13-24(29)30)26-25(31)32-14-22-20-8-4-2-6-18(20)19-7-3-5-9-21(19)22/h2-9,15-17,22H,10-14H2,1H3,(H,26,31)(H,27,28)(H,29,30)/t15-,16?,17?/m1/s1. The third kappa shape index (κ3) is 4.93. The van der Waals surface area contributed by atoms with Crippen LogP contribution in [-0.2, 0) is 14.3 Å². The number of carbonyl (C=O) groups is 3. The van der Waals surface area contributed by atoms with E-state index in [-0.39, 0.29) is 49.3 Å². The van der Waals surface area contributed by atoms with Crippen molar-refractivity contribution in [1.29, 1.82) is 0 Å². The predicted molar refractivity (Wildman–Crippen MR) is 119 cm³/mol. The number of carboxylic acid groups (broad SMARTS) is 1. The Morgan fingerprint density at radius 2 is 1.62 bits per heavy atom. The monoisotopic (exact) mass is 436 g/mol. The Morgan fingerprint density at radius 1 is 1.03 bits per heavy atom. The topological polar surface area (TPSA) is 105 Å². The maximum atomic E-state index is 12.3. The molecule has 7 nitrogen and oxygen atoms in total. The van der Waals surface area contributed by atoms with Crippen LogP contribution in [0, 0.1) is 5.92 Å². The van der Waals surface area contributed by atoms with Gasteiger partial charge in [-0.1, -0.05) is 48.5 Å². The Bertz CT molecular complexity index is 969. The van der Waals surface area contributed by atoms with Crippen molar-refractivity contribution in [3.8, 4) is 11.1 Å². The molecule has 0 bridgehead atoms. The van der Waals surface area contributed by atoms with Crippen molar-refractivity contribution in [2.24, 2.45) is 5.92 Å². The molecule has 7 heteroatoms. The summed E-state index contributed by atoms with van der Waals surface area (Å²) in [6.45, 7) is 1.99. The molecule has 2 aliphatic carbocycles. The fourth-order valence-electron chi connectivity index (χ4n) is 4.72. The number of nitrogens with one attached hydrogen (secondary N) is 2. The molecule has 2 amide bonds. The Kier molecular flexibility index (Phi) is 6.44. The van der Waals surface area contributed by atoms with Crippen molar-refractivity contribution in [1.82, 2.24) is 10.6 Å². The number of hydrogen-bond acceptors (Lipinski definition) is 4. The van der Waals surface area contributed by atoms with Crippen LogP contribution in [0.3, 0.4) is 0 Å². The lowest BCUT2D eigenvalue weighted by Crippen LogP contribution is -2.46. The van der Waals surface area contributed by atoms with E-state index in [4.69, 9.17) is 9.84 Å². The molecule has 2 aromatic carbocycles. The molecule has 0 unspecified atom stereocenters. The van der Waals surface area contributed by atoms with Crippen molar-refractivity contribution >= 4 is 18.0 Å². The van der Waals surface area contributed by atoms with Gasteiger partial charge < -0.3 is 20.5 Å². The van der Waals surface area contributed by atoms with E-state index in [1.807, 2.05) is 24.3 Å². The van der Waals surface area contributed by atoms with Gasteiger partial charge in [0.15, 0.2) is 0 Å². The number of ether oxygens (including phenoxy) is 1. The maximum Gasteiger partial charge on any atom is 0.407 e. The molecular weight excluding hydrogens is 408 g/mol. The smallest absolute Gasteiger partial charge is 0.407 e. The van der Waals surface area contributed by atoms with Crippen LogP contribution in [0.25, 0.3) is 11.1 Å². The molecule has 1 saturated carbocycles. The van der Waals surface area contributed by atoms with Crippen molar-refractivity contribution < 1.29 is 24.2 Å². The third-order valence-corrected chi connectivity index (χ3v) is 6.26. The van der Waals surface area contributed by atoms with E-state index in [1.165, 1.54) is 11.1 Å². The highest BCUT2D eigenvalue weighted by Crippen LogP contribution is 2.44. The molecule has 0 heterocycles. The van der Waals surface area contributed by atoms with E-state index in [2.05, 4.69) is 34.9 Å². The van der Waals surface area contributed by atoms with Crippen LogP contribution >= 0.6 is 0 Å². The van der Waals surface area contributed by atoms with Crippen molar-refractivity contribution in [3.63, 3.8) is 0 Å². The number of rotatable bonds is 8. The summed E-state index contributed by atoms with van der Waals surface area (Å²) in [5.41, 5.74) is 4.64. The minimum atomic E-state index is -0.805. The summed E-state index contributed by atoms with van der Waals surface area (Å²) < 4.78 is 5.52. The second kappa shape index (κ2) is 9.42. The maximum absolute atomic E-state index is 12.3. The van der Waals surface area contributed by atoms with Gasteiger partial charge in [0.05, 0.1) is 0 Å². The van der Waals surface area contributed by atoms with Gasteiger partial charge in [-0.25, -0.2) is 4.79 Å². The first-order valence-corrected chi connectivity index (χ1v) is 11.0. The molecule has 0 spiro atoms. The number of amides is 2. The summed E-state index contributed by atoms with van der Waals surface area (Å²) in [5, 5.41) is 14.4. The number of hydrogen-bond donors (Lipinski definition) is 3. The molecule has 4 rings (SSSR count). The van der Waals surface area contributed by atoms with Crippen LogP contribution in [0.15, 0.2) is 48.5 Å². The Labute approximate surface area is 187 Å². The quantitative estimate of drug-likeness (QED) is 0.586. The van der Waals surface area contributed by atoms with E-state index in [9.17, 15) is 14.4 Å². The molecule has 0 aromatic heterocycles. The average Bonchev–Trinajstić information content (AvgIpc) is 3.04. The fourth-order valence-corrected chi connectivity index (χ4v) is 4.72. The van der Waals surface area contributed by atoms with Crippen LogP contribution < -0.4 is 10.6 Å². The SMILES string of the molecule is C[C@H](CC(=O)NC1CC(CC(=O)O)C1)NC(=O)OCC1c2ccccc2-c2ccccc21. The van der Waals surface area contributed by atoms with Crippen LogP contribution in [-0.4, -0.2) is 41.8 Å².